The topological polar surface area (TPSA) is 87.1 Å². The lowest BCUT2D eigenvalue weighted by Crippen LogP contribution is -2.51. The molecule has 1 N–H and O–H groups in total. The van der Waals surface area contributed by atoms with Gasteiger partial charge in [0.1, 0.15) is 11.5 Å². The van der Waals surface area contributed by atoms with E-state index in [4.69, 9.17) is 4.74 Å². The number of likely N-dealkylation sites (tertiary alicyclic amines) is 1. The minimum absolute atomic E-state index is 0.0245. The number of carbonyl (C=O) groups is 3. The molecule has 0 aromatic heterocycles. The fourth-order valence-electron chi connectivity index (χ4n) is 3.91. The van der Waals surface area contributed by atoms with Gasteiger partial charge in [-0.25, -0.2) is 0 Å². The summed E-state index contributed by atoms with van der Waals surface area (Å²) in [5, 5.41) is 9.51. The van der Waals surface area contributed by atoms with Crippen molar-refractivity contribution in [2.24, 2.45) is 5.41 Å². The summed E-state index contributed by atoms with van der Waals surface area (Å²) in [6, 6.07) is -0.466. The highest BCUT2D eigenvalue weighted by molar-refractivity contribution is 8.01. The van der Waals surface area contributed by atoms with Crippen LogP contribution in [0.3, 0.4) is 0 Å². The van der Waals surface area contributed by atoms with E-state index in [1.54, 1.807) is 21.6 Å². The Bertz CT molecular complexity index is 556. The smallest absolute Gasteiger partial charge is 0.313 e. The summed E-state index contributed by atoms with van der Waals surface area (Å²) >= 11 is 1.65. The first kappa shape index (κ1) is 16.6. The van der Waals surface area contributed by atoms with Crippen LogP contribution in [0.1, 0.15) is 26.2 Å². The minimum atomic E-state index is -1.03. The SMILES string of the molecule is COCC1(C(=O)O)CCN(C(=O)C2CSC3(C)CCC(=O)N23)C1. The fraction of sp³-hybridized carbons (Fsp3) is 0.800. The Morgan fingerprint density at radius 2 is 2.17 bits per heavy atom. The molecule has 3 aliphatic rings. The standard InChI is InChI=1S/C15H22N2O5S/c1-14-4-3-11(18)17(14)10(7-23-14)12(19)16-6-5-15(8-16,9-22-2)13(20)21/h10H,3-9H2,1-2H3,(H,20,21). The van der Waals surface area contributed by atoms with E-state index in [1.807, 2.05) is 6.92 Å². The maximum absolute atomic E-state index is 12.9. The molecule has 3 rings (SSSR count). The van der Waals surface area contributed by atoms with E-state index in [2.05, 4.69) is 0 Å². The molecule has 0 saturated carbocycles. The second-order valence-electron chi connectivity index (χ2n) is 6.79. The third kappa shape index (κ3) is 2.52. The van der Waals surface area contributed by atoms with Crippen LogP contribution in [0.15, 0.2) is 0 Å². The number of nitrogens with zero attached hydrogens (tertiary/aromatic N) is 2. The van der Waals surface area contributed by atoms with Crippen molar-refractivity contribution >= 4 is 29.5 Å². The molecule has 0 spiro atoms. The molecule has 23 heavy (non-hydrogen) atoms. The van der Waals surface area contributed by atoms with E-state index >= 15 is 0 Å². The highest BCUT2D eigenvalue weighted by Gasteiger charge is 2.55. The number of hydrogen-bond donors (Lipinski definition) is 1. The molecule has 0 aliphatic carbocycles. The van der Waals surface area contributed by atoms with Crippen molar-refractivity contribution in [2.45, 2.75) is 37.1 Å². The molecule has 0 aromatic carbocycles. The number of rotatable bonds is 4. The van der Waals surface area contributed by atoms with Gasteiger partial charge < -0.3 is 19.6 Å². The molecule has 0 radical (unpaired) electrons. The van der Waals surface area contributed by atoms with Gasteiger partial charge in [0.2, 0.25) is 11.8 Å². The quantitative estimate of drug-likeness (QED) is 0.795. The Labute approximate surface area is 139 Å². The van der Waals surface area contributed by atoms with Gasteiger partial charge in [-0.2, -0.15) is 0 Å². The number of carbonyl (C=O) groups excluding carboxylic acids is 2. The molecule has 8 heteroatoms. The normalized spacial score (nSPS) is 36.6. The van der Waals surface area contributed by atoms with Crippen LogP contribution in [0.25, 0.3) is 0 Å². The summed E-state index contributed by atoms with van der Waals surface area (Å²) in [6.07, 6.45) is 1.63. The molecule has 3 aliphatic heterocycles. The number of hydrogen-bond acceptors (Lipinski definition) is 5. The van der Waals surface area contributed by atoms with Crippen molar-refractivity contribution in [3.8, 4) is 0 Å². The van der Waals surface area contributed by atoms with Crippen molar-refractivity contribution in [2.75, 3.05) is 32.6 Å². The van der Waals surface area contributed by atoms with Gasteiger partial charge in [0.05, 0.1) is 11.5 Å². The van der Waals surface area contributed by atoms with Crippen LogP contribution < -0.4 is 0 Å². The summed E-state index contributed by atoms with van der Waals surface area (Å²) in [6.45, 7) is 2.64. The average Bonchev–Trinajstić information content (AvgIpc) is 3.14. The minimum Gasteiger partial charge on any atom is -0.481 e. The van der Waals surface area contributed by atoms with E-state index in [0.29, 0.717) is 25.1 Å². The molecular weight excluding hydrogens is 320 g/mol. The Hall–Kier alpha value is -1.28. The van der Waals surface area contributed by atoms with Crippen molar-refractivity contribution in [3.63, 3.8) is 0 Å². The van der Waals surface area contributed by atoms with Crippen LogP contribution in [0, 0.1) is 5.41 Å². The van der Waals surface area contributed by atoms with Crippen molar-refractivity contribution in [1.29, 1.82) is 0 Å². The summed E-state index contributed by atoms with van der Waals surface area (Å²) in [5.74, 6) is -0.452. The van der Waals surface area contributed by atoms with E-state index in [1.165, 1.54) is 7.11 Å². The number of ether oxygens (including phenoxy) is 1. The highest BCUT2D eigenvalue weighted by Crippen LogP contribution is 2.48. The molecule has 2 amide bonds. The third-order valence-corrected chi connectivity index (χ3v) is 6.77. The first-order valence-electron chi connectivity index (χ1n) is 7.80. The first-order valence-corrected chi connectivity index (χ1v) is 8.79. The second kappa shape index (κ2) is 5.66. The number of methoxy groups -OCH3 is 1. The van der Waals surface area contributed by atoms with E-state index in [9.17, 15) is 19.5 Å². The van der Waals surface area contributed by atoms with Crippen LogP contribution in [0.2, 0.25) is 0 Å². The lowest BCUT2D eigenvalue weighted by molar-refractivity contribution is -0.152. The lowest BCUT2D eigenvalue weighted by atomic mass is 9.88. The van der Waals surface area contributed by atoms with Gasteiger partial charge in [0.25, 0.3) is 0 Å². The summed E-state index contributed by atoms with van der Waals surface area (Å²) in [7, 11) is 1.47. The number of amides is 2. The monoisotopic (exact) mass is 342 g/mol. The maximum Gasteiger partial charge on any atom is 0.313 e. The Morgan fingerprint density at radius 3 is 2.83 bits per heavy atom. The predicted molar refractivity (Wildman–Crippen MR) is 83.9 cm³/mol. The molecule has 0 aromatic rings. The van der Waals surface area contributed by atoms with E-state index < -0.39 is 17.4 Å². The maximum atomic E-state index is 12.9. The molecule has 0 bridgehead atoms. The van der Waals surface area contributed by atoms with Crippen LogP contribution >= 0.6 is 11.8 Å². The van der Waals surface area contributed by atoms with E-state index in [0.717, 1.165) is 6.42 Å². The van der Waals surface area contributed by atoms with Gasteiger partial charge in [-0.3, -0.25) is 14.4 Å². The van der Waals surface area contributed by atoms with Crippen molar-refractivity contribution in [3.05, 3.63) is 0 Å². The second-order valence-corrected chi connectivity index (χ2v) is 8.30. The lowest BCUT2D eigenvalue weighted by Gasteiger charge is -2.32. The Morgan fingerprint density at radius 1 is 1.43 bits per heavy atom. The zero-order valence-corrected chi connectivity index (χ0v) is 14.2. The molecule has 3 heterocycles. The summed E-state index contributed by atoms with van der Waals surface area (Å²) in [4.78, 5) is 39.7. The number of fused-ring (bicyclic) bond motifs is 1. The van der Waals surface area contributed by atoms with Crippen molar-refractivity contribution in [1.82, 2.24) is 9.80 Å². The summed E-state index contributed by atoms with van der Waals surface area (Å²) < 4.78 is 5.06. The zero-order chi connectivity index (χ0) is 16.8. The molecular formula is C15H22N2O5S. The predicted octanol–water partition coefficient (Wildman–Crippen LogP) is 0.390. The van der Waals surface area contributed by atoms with Crippen LogP contribution in [0.4, 0.5) is 0 Å². The number of thioether (sulfide) groups is 1. The third-order valence-electron chi connectivity index (χ3n) is 5.27. The highest BCUT2D eigenvalue weighted by atomic mass is 32.2. The number of aliphatic carboxylic acids is 1. The molecule has 7 nitrogen and oxygen atoms in total. The fourth-order valence-corrected chi connectivity index (χ4v) is 5.33. The van der Waals surface area contributed by atoms with E-state index in [-0.39, 0.29) is 29.8 Å². The van der Waals surface area contributed by atoms with Crippen molar-refractivity contribution < 1.29 is 24.2 Å². The van der Waals surface area contributed by atoms with Crippen LogP contribution in [0.5, 0.6) is 0 Å². The summed E-state index contributed by atoms with van der Waals surface area (Å²) in [5.41, 5.74) is -1.03. The Kier molecular flexibility index (Phi) is 4.08. The average molecular weight is 342 g/mol. The first-order chi connectivity index (χ1) is 10.8. The Balaban J connectivity index is 1.75. The van der Waals surface area contributed by atoms with Gasteiger partial charge in [-0.05, 0) is 19.8 Å². The van der Waals surface area contributed by atoms with Gasteiger partial charge in [-0.15, -0.1) is 11.8 Å². The van der Waals surface area contributed by atoms with Gasteiger partial charge in [0.15, 0.2) is 0 Å². The van der Waals surface area contributed by atoms with Crippen LogP contribution in [-0.4, -0.2) is 76.2 Å². The zero-order valence-electron chi connectivity index (χ0n) is 13.4. The molecule has 3 fully saturated rings. The van der Waals surface area contributed by atoms with Gasteiger partial charge in [-0.1, -0.05) is 0 Å². The molecule has 3 atom stereocenters. The molecule has 3 unspecified atom stereocenters. The molecule has 3 saturated heterocycles. The number of carboxylic acids is 1. The van der Waals surface area contributed by atoms with Gasteiger partial charge >= 0.3 is 5.97 Å². The molecule has 128 valence electrons. The number of carboxylic acid groups (broad SMARTS) is 1. The van der Waals surface area contributed by atoms with Crippen LogP contribution in [-0.2, 0) is 19.1 Å². The largest absolute Gasteiger partial charge is 0.481 e. The van der Waals surface area contributed by atoms with Gasteiger partial charge in [0, 0.05) is 32.4 Å².